The molecule has 0 aliphatic heterocycles. The number of ether oxygens (including phenoxy) is 1. The summed E-state index contributed by atoms with van der Waals surface area (Å²) in [5.74, 6) is 0.636. The quantitative estimate of drug-likeness (QED) is 0.718. The van der Waals surface area contributed by atoms with Crippen LogP contribution in [-0.2, 0) is 6.42 Å². The van der Waals surface area contributed by atoms with E-state index in [1.54, 1.807) is 19.2 Å². The number of hydrogen-bond donors (Lipinski definition) is 0. The third-order valence-corrected chi connectivity index (χ3v) is 3.70. The molecule has 0 heterocycles. The molecule has 0 aliphatic carbocycles. The molecule has 2 aromatic rings. The lowest BCUT2D eigenvalue weighted by Gasteiger charge is -2.08. The molecule has 2 aromatic carbocycles. The van der Waals surface area contributed by atoms with E-state index in [0.29, 0.717) is 17.7 Å². The van der Waals surface area contributed by atoms with Gasteiger partial charge in [-0.3, -0.25) is 4.79 Å². The number of methoxy groups -OCH3 is 1. The van der Waals surface area contributed by atoms with Crippen molar-refractivity contribution in [3.63, 3.8) is 0 Å². The van der Waals surface area contributed by atoms with Crippen LogP contribution in [-0.4, -0.2) is 12.9 Å². The number of hydrogen-bond acceptors (Lipinski definition) is 2. The standard InChI is InChI=1S/C15H12Br2O2/c1-19-15-9-12(17)5-6-13(15)14(18)8-10-3-2-4-11(16)7-10/h2-7,9H,8H2,1H3. The molecule has 0 fully saturated rings. The van der Waals surface area contributed by atoms with E-state index in [4.69, 9.17) is 4.74 Å². The smallest absolute Gasteiger partial charge is 0.170 e. The minimum atomic E-state index is 0.0439. The number of benzene rings is 2. The molecular weight excluding hydrogens is 372 g/mol. The van der Waals surface area contributed by atoms with Gasteiger partial charge < -0.3 is 4.74 Å². The van der Waals surface area contributed by atoms with Gasteiger partial charge in [0.15, 0.2) is 5.78 Å². The molecule has 0 saturated carbocycles. The molecule has 0 amide bonds. The van der Waals surface area contributed by atoms with Crippen LogP contribution in [0.25, 0.3) is 0 Å². The van der Waals surface area contributed by atoms with Crippen molar-refractivity contribution in [2.24, 2.45) is 0 Å². The summed E-state index contributed by atoms with van der Waals surface area (Å²) >= 11 is 6.77. The highest BCUT2D eigenvalue weighted by atomic mass is 79.9. The Balaban J connectivity index is 2.25. The van der Waals surface area contributed by atoms with E-state index in [0.717, 1.165) is 14.5 Å². The number of rotatable bonds is 4. The van der Waals surface area contributed by atoms with Crippen molar-refractivity contribution in [1.29, 1.82) is 0 Å². The Morgan fingerprint density at radius 1 is 1.11 bits per heavy atom. The molecule has 0 N–H and O–H groups in total. The molecule has 0 bridgehead atoms. The maximum Gasteiger partial charge on any atom is 0.170 e. The van der Waals surface area contributed by atoms with E-state index in [1.807, 2.05) is 30.3 Å². The highest BCUT2D eigenvalue weighted by Gasteiger charge is 2.13. The first-order valence-corrected chi connectivity index (χ1v) is 7.30. The minimum Gasteiger partial charge on any atom is -0.496 e. The van der Waals surface area contributed by atoms with Gasteiger partial charge in [-0.2, -0.15) is 0 Å². The molecule has 2 nitrogen and oxygen atoms in total. The summed E-state index contributed by atoms with van der Waals surface area (Å²) < 4.78 is 7.11. The molecule has 0 aliphatic rings. The van der Waals surface area contributed by atoms with Gasteiger partial charge in [-0.25, -0.2) is 0 Å². The van der Waals surface area contributed by atoms with Gasteiger partial charge in [-0.05, 0) is 35.9 Å². The SMILES string of the molecule is COc1cc(Br)ccc1C(=O)Cc1cccc(Br)c1. The minimum absolute atomic E-state index is 0.0439. The van der Waals surface area contributed by atoms with Crippen molar-refractivity contribution in [3.05, 3.63) is 62.5 Å². The molecular formula is C15H12Br2O2. The average Bonchev–Trinajstić information content (AvgIpc) is 2.38. The lowest BCUT2D eigenvalue weighted by molar-refractivity contribution is 0.0990. The Bertz CT molecular complexity index is 609. The van der Waals surface area contributed by atoms with Gasteiger partial charge >= 0.3 is 0 Å². The van der Waals surface area contributed by atoms with Crippen molar-refractivity contribution in [2.75, 3.05) is 7.11 Å². The fourth-order valence-electron chi connectivity index (χ4n) is 1.82. The Labute approximate surface area is 129 Å². The summed E-state index contributed by atoms with van der Waals surface area (Å²) in [5.41, 5.74) is 1.58. The second-order valence-electron chi connectivity index (χ2n) is 4.07. The van der Waals surface area contributed by atoms with Crippen LogP contribution in [0.2, 0.25) is 0 Å². The monoisotopic (exact) mass is 382 g/mol. The van der Waals surface area contributed by atoms with Crippen molar-refractivity contribution in [3.8, 4) is 5.75 Å². The number of Topliss-reactive ketones (excluding diaryl/α,β-unsaturated/α-hetero) is 1. The third-order valence-electron chi connectivity index (χ3n) is 2.72. The average molecular weight is 384 g/mol. The second-order valence-corrected chi connectivity index (χ2v) is 5.91. The van der Waals surface area contributed by atoms with Crippen LogP contribution in [0.15, 0.2) is 51.4 Å². The maximum absolute atomic E-state index is 12.3. The zero-order valence-electron chi connectivity index (χ0n) is 10.3. The molecule has 0 radical (unpaired) electrons. The van der Waals surface area contributed by atoms with Gasteiger partial charge in [0.25, 0.3) is 0 Å². The molecule has 19 heavy (non-hydrogen) atoms. The summed E-state index contributed by atoms with van der Waals surface area (Å²) in [4.78, 5) is 12.3. The molecule has 98 valence electrons. The second kappa shape index (κ2) is 6.35. The van der Waals surface area contributed by atoms with Crippen LogP contribution in [0, 0.1) is 0 Å². The predicted molar refractivity (Wildman–Crippen MR) is 82.9 cm³/mol. The highest BCUT2D eigenvalue weighted by Crippen LogP contribution is 2.25. The van der Waals surface area contributed by atoms with Crippen molar-refractivity contribution >= 4 is 37.6 Å². The lowest BCUT2D eigenvalue weighted by atomic mass is 10.0. The topological polar surface area (TPSA) is 26.3 Å². The number of ketones is 1. The molecule has 0 spiro atoms. The zero-order chi connectivity index (χ0) is 13.8. The van der Waals surface area contributed by atoms with E-state index >= 15 is 0 Å². The molecule has 0 saturated heterocycles. The number of carbonyl (C=O) groups is 1. The molecule has 2 rings (SSSR count). The molecule has 0 atom stereocenters. The van der Waals surface area contributed by atoms with Crippen LogP contribution in [0.5, 0.6) is 5.75 Å². The Morgan fingerprint density at radius 3 is 2.53 bits per heavy atom. The van der Waals surface area contributed by atoms with Gasteiger partial charge in [0.2, 0.25) is 0 Å². The maximum atomic E-state index is 12.3. The Kier molecular flexibility index (Phi) is 4.77. The third kappa shape index (κ3) is 3.67. The normalized spacial score (nSPS) is 10.3. The van der Waals surface area contributed by atoms with E-state index in [9.17, 15) is 4.79 Å². The largest absolute Gasteiger partial charge is 0.496 e. The fraction of sp³-hybridized carbons (Fsp3) is 0.133. The highest BCUT2D eigenvalue weighted by molar-refractivity contribution is 9.10. The van der Waals surface area contributed by atoms with Crippen molar-refractivity contribution < 1.29 is 9.53 Å². The molecule has 0 unspecified atom stereocenters. The van der Waals surface area contributed by atoms with E-state index in [2.05, 4.69) is 31.9 Å². The number of halogens is 2. The predicted octanol–water partition coefficient (Wildman–Crippen LogP) is 4.65. The van der Waals surface area contributed by atoms with E-state index in [-0.39, 0.29) is 5.78 Å². The van der Waals surface area contributed by atoms with Crippen LogP contribution in [0.4, 0.5) is 0 Å². The first-order valence-electron chi connectivity index (χ1n) is 5.71. The van der Waals surface area contributed by atoms with E-state index < -0.39 is 0 Å². The summed E-state index contributed by atoms with van der Waals surface area (Å²) in [6, 6.07) is 13.2. The lowest BCUT2D eigenvalue weighted by Crippen LogP contribution is -2.05. The van der Waals surface area contributed by atoms with Gasteiger partial charge in [0, 0.05) is 15.4 Å². The summed E-state index contributed by atoms with van der Waals surface area (Å²) in [6.45, 7) is 0. The molecule has 0 aromatic heterocycles. The van der Waals surface area contributed by atoms with Crippen LogP contribution in [0.3, 0.4) is 0 Å². The van der Waals surface area contributed by atoms with Gasteiger partial charge in [-0.1, -0.05) is 44.0 Å². The van der Waals surface area contributed by atoms with Gasteiger partial charge in [0.05, 0.1) is 12.7 Å². The van der Waals surface area contributed by atoms with Crippen molar-refractivity contribution in [1.82, 2.24) is 0 Å². The fourth-order valence-corrected chi connectivity index (χ4v) is 2.61. The van der Waals surface area contributed by atoms with Crippen LogP contribution >= 0.6 is 31.9 Å². The van der Waals surface area contributed by atoms with Gasteiger partial charge in [-0.15, -0.1) is 0 Å². The van der Waals surface area contributed by atoms with E-state index in [1.165, 1.54) is 0 Å². The van der Waals surface area contributed by atoms with Gasteiger partial charge in [0.1, 0.15) is 5.75 Å². The van der Waals surface area contributed by atoms with Crippen LogP contribution < -0.4 is 4.74 Å². The summed E-state index contributed by atoms with van der Waals surface area (Å²) in [7, 11) is 1.57. The number of carbonyl (C=O) groups excluding carboxylic acids is 1. The first kappa shape index (κ1) is 14.3. The zero-order valence-corrected chi connectivity index (χ0v) is 13.5. The van der Waals surface area contributed by atoms with Crippen molar-refractivity contribution in [2.45, 2.75) is 6.42 Å². The Hall–Kier alpha value is -1.13. The summed E-state index contributed by atoms with van der Waals surface area (Å²) in [6.07, 6.45) is 0.359. The van der Waals surface area contributed by atoms with Crippen LogP contribution in [0.1, 0.15) is 15.9 Å². The molecule has 4 heteroatoms. The first-order chi connectivity index (χ1) is 9.10. The summed E-state index contributed by atoms with van der Waals surface area (Å²) in [5, 5.41) is 0. The Morgan fingerprint density at radius 2 is 1.84 bits per heavy atom.